The van der Waals surface area contributed by atoms with Crippen LogP contribution in [0, 0.1) is 5.92 Å². The molecule has 0 N–H and O–H groups in total. The van der Waals surface area contributed by atoms with E-state index in [2.05, 4.69) is 40.1 Å². The fourth-order valence-electron chi connectivity index (χ4n) is 4.73. The molecule has 0 radical (unpaired) electrons. The van der Waals surface area contributed by atoms with Crippen LogP contribution in [-0.4, -0.2) is 73.9 Å². The van der Waals surface area contributed by atoms with Crippen LogP contribution >= 0.6 is 0 Å². The summed E-state index contributed by atoms with van der Waals surface area (Å²) in [5.74, 6) is 0.496. The number of hydrogen-bond donors (Lipinski definition) is 0. The lowest BCUT2D eigenvalue weighted by Crippen LogP contribution is -2.52. The first-order valence-electron chi connectivity index (χ1n) is 10.1. The van der Waals surface area contributed by atoms with Crippen molar-refractivity contribution in [2.75, 3.05) is 46.1 Å². The van der Waals surface area contributed by atoms with Crippen LogP contribution in [0.15, 0.2) is 30.3 Å². The lowest BCUT2D eigenvalue weighted by atomic mass is 9.95. The van der Waals surface area contributed by atoms with Gasteiger partial charge in [0.05, 0.1) is 19.3 Å². The molecule has 3 aliphatic rings. The van der Waals surface area contributed by atoms with Crippen LogP contribution in [0.1, 0.15) is 24.8 Å². The number of rotatable bonds is 4. The van der Waals surface area contributed by atoms with Gasteiger partial charge in [0.15, 0.2) is 0 Å². The van der Waals surface area contributed by atoms with Crippen molar-refractivity contribution in [2.24, 2.45) is 5.92 Å². The second kappa shape index (κ2) is 8.51. The van der Waals surface area contributed by atoms with Gasteiger partial charge in [0.25, 0.3) is 0 Å². The molecular weight excluding hydrogens is 328 g/mol. The van der Waals surface area contributed by atoms with Gasteiger partial charge >= 0.3 is 0 Å². The predicted molar refractivity (Wildman–Crippen MR) is 100.0 cm³/mol. The predicted octanol–water partition coefficient (Wildman–Crippen LogP) is 1.96. The van der Waals surface area contributed by atoms with Crippen LogP contribution in [0.5, 0.6) is 0 Å². The summed E-state index contributed by atoms with van der Waals surface area (Å²) in [6.07, 6.45) is 3.76. The van der Waals surface area contributed by atoms with Gasteiger partial charge in [-0.15, -0.1) is 0 Å². The highest BCUT2D eigenvalue weighted by atomic mass is 16.5. The van der Waals surface area contributed by atoms with Gasteiger partial charge in [0, 0.05) is 44.8 Å². The van der Waals surface area contributed by atoms with E-state index in [1.807, 2.05) is 0 Å². The first-order valence-corrected chi connectivity index (χ1v) is 10.1. The Bertz CT molecular complexity index is 582. The number of carbonyl (C=O) groups excluding carboxylic acids is 1. The Hall–Kier alpha value is -1.43. The van der Waals surface area contributed by atoms with E-state index in [0.717, 1.165) is 71.7 Å². The van der Waals surface area contributed by atoms with E-state index in [0.29, 0.717) is 11.9 Å². The number of amides is 1. The fraction of sp³-hybridized carbons (Fsp3) is 0.667. The molecule has 0 aliphatic carbocycles. The standard InChI is InChI=1S/C21H30N2O3/c24-21(18-7-12-25-13-8-18)23-9-6-19(22-10-14-26-15-11-22)20(23)16-17-4-2-1-3-5-17/h1-5,18-20H,6-16H2/t19-,20+/m1/s1. The Morgan fingerprint density at radius 1 is 0.923 bits per heavy atom. The Kier molecular flexibility index (Phi) is 5.88. The third-order valence-electron chi connectivity index (χ3n) is 6.17. The second-order valence-electron chi connectivity index (χ2n) is 7.68. The molecule has 2 atom stereocenters. The van der Waals surface area contributed by atoms with Gasteiger partial charge < -0.3 is 14.4 Å². The molecule has 0 bridgehead atoms. The number of nitrogens with zero attached hydrogens (tertiary/aromatic N) is 2. The lowest BCUT2D eigenvalue weighted by Gasteiger charge is -2.38. The Labute approximate surface area is 156 Å². The summed E-state index contributed by atoms with van der Waals surface area (Å²) in [4.78, 5) is 18.0. The number of likely N-dealkylation sites (tertiary alicyclic amines) is 1. The van der Waals surface area contributed by atoms with Crippen molar-refractivity contribution >= 4 is 5.91 Å². The molecule has 0 saturated carbocycles. The Morgan fingerprint density at radius 2 is 1.62 bits per heavy atom. The zero-order valence-electron chi connectivity index (χ0n) is 15.5. The van der Waals surface area contributed by atoms with Gasteiger partial charge in [0.2, 0.25) is 5.91 Å². The first kappa shape index (κ1) is 18.0. The highest BCUT2D eigenvalue weighted by Gasteiger charge is 2.42. The van der Waals surface area contributed by atoms with Crippen molar-refractivity contribution in [2.45, 2.75) is 37.8 Å². The normalized spacial score (nSPS) is 28.4. The molecule has 3 heterocycles. The van der Waals surface area contributed by atoms with Gasteiger partial charge in [-0.2, -0.15) is 0 Å². The van der Waals surface area contributed by atoms with Gasteiger partial charge in [-0.05, 0) is 31.2 Å². The summed E-state index contributed by atoms with van der Waals surface area (Å²) in [6.45, 7) is 5.91. The molecule has 142 valence electrons. The molecule has 4 rings (SSSR count). The van der Waals surface area contributed by atoms with Crippen molar-refractivity contribution in [1.82, 2.24) is 9.80 Å². The minimum atomic E-state index is 0.144. The summed E-state index contributed by atoms with van der Waals surface area (Å²) in [7, 11) is 0. The van der Waals surface area contributed by atoms with Gasteiger partial charge in [-0.1, -0.05) is 30.3 Å². The summed E-state index contributed by atoms with van der Waals surface area (Å²) in [6, 6.07) is 11.3. The zero-order chi connectivity index (χ0) is 17.8. The SMILES string of the molecule is O=C(C1CCOCC1)N1CC[C@@H](N2CCOCC2)[C@@H]1Cc1ccccc1. The van der Waals surface area contributed by atoms with Crippen LogP contribution in [0.25, 0.3) is 0 Å². The third-order valence-corrected chi connectivity index (χ3v) is 6.17. The van der Waals surface area contributed by atoms with E-state index in [1.54, 1.807) is 0 Å². The molecule has 3 fully saturated rings. The van der Waals surface area contributed by atoms with Crippen molar-refractivity contribution in [3.05, 3.63) is 35.9 Å². The number of ether oxygens (including phenoxy) is 2. The topological polar surface area (TPSA) is 42.0 Å². The van der Waals surface area contributed by atoms with E-state index in [9.17, 15) is 4.79 Å². The molecular formula is C21H30N2O3. The van der Waals surface area contributed by atoms with Gasteiger partial charge in [-0.25, -0.2) is 0 Å². The monoisotopic (exact) mass is 358 g/mol. The van der Waals surface area contributed by atoms with E-state index in [-0.39, 0.29) is 12.0 Å². The van der Waals surface area contributed by atoms with E-state index in [1.165, 1.54) is 5.56 Å². The third kappa shape index (κ3) is 3.95. The van der Waals surface area contributed by atoms with Crippen LogP contribution < -0.4 is 0 Å². The number of benzene rings is 1. The molecule has 3 aliphatic heterocycles. The van der Waals surface area contributed by atoms with E-state index >= 15 is 0 Å². The lowest BCUT2D eigenvalue weighted by molar-refractivity contribution is -0.140. The summed E-state index contributed by atoms with van der Waals surface area (Å²) in [5.41, 5.74) is 1.32. The van der Waals surface area contributed by atoms with Crippen molar-refractivity contribution in [3.63, 3.8) is 0 Å². The van der Waals surface area contributed by atoms with E-state index in [4.69, 9.17) is 9.47 Å². The van der Waals surface area contributed by atoms with E-state index < -0.39 is 0 Å². The van der Waals surface area contributed by atoms with Crippen LogP contribution in [0.2, 0.25) is 0 Å². The molecule has 1 aromatic carbocycles. The average molecular weight is 358 g/mol. The maximum absolute atomic E-state index is 13.3. The maximum atomic E-state index is 13.3. The molecule has 3 saturated heterocycles. The van der Waals surface area contributed by atoms with Crippen molar-refractivity contribution < 1.29 is 14.3 Å². The molecule has 1 amide bonds. The fourth-order valence-corrected chi connectivity index (χ4v) is 4.73. The molecule has 0 spiro atoms. The minimum Gasteiger partial charge on any atom is -0.381 e. The second-order valence-corrected chi connectivity index (χ2v) is 7.68. The number of morpholine rings is 1. The van der Waals surface area contributed by atoms with Gasteiger partial charge in [-0.3, -0.25) is 9.69 Å². The average Bonchev–Trinajstić information content (AvgIpc) is 3.13. The largest absolute Gasteiger partial charge is 0.381 e. The molecule has 5 heteroatoms. The van der Waals surface area contributed by atoms with Crippen molar-refractivity contribution in [3.8, 4) is 0 Å². The van der Waals surface area contributed by atoms with Crippen LogP contribution in [-0.2, 0) is 20.7 Å². The summed E-state index contributed by atoms with van der Waals surface area (Å²) >= 11 is 0. The molecule has 26 heavy (non-hydrogen) atoms. The summed E-state index contributed by atoms with van der Waals surface area (Å²) in [5, 5.41) is 0. The van der Waals surface area contributed by atoms with Crippen molar-refractivity contribution in [1.29, 1.82) is 0 Å². The molecule has 0 aromatic heterocycles. The van der Waals surface area contributed by atoms with Gasteiger partial charge in [0.1, 0.15) is 0 Å². The quantitative estimate of drug-likeness (QED) is 0.825. The molecule has 5 nitrogen and oxygen atoms in total. The zero-order valence-corrected chi connectivity index (χ0v) is 15.5. The first-order chi connectivity index (χ1) is 12.8. The molecule has 0 unspecified atom stereocenters. The summed E-state index contributed by atoms with van der Waals surface area (Å²) < 4.78 is 11.0. The van der Waals surface area contributed by atoms with Crippen LogP contribution in [0.4, 0.5) is 0 Å². The smallest absolute Gasteiger partial charge is 0.226 e. The Balaban J connectivity index is 1.52. The number of hydrogen-bond acceptors (Lipinski definition) is 4. The van der Waals surface area contributed by atoms with Crippen LogP contribution in [0.3, 0.4) is 0 Å². The molecule has 1 aromatic rings. The number of carbonyl (C=O) groups is 1. The Morgan fingerprint density at radius 3 is 2.35 bits per heavy atom. The highest BCUT2D eigenvalue weighted by molar-refractivity contribution is 5.79. The highest BCUT2D eigenvalue weighted by Crippen LogP contribution is 2.30. The maximum Gasteiger partial charge on any atom is 0.226 e. The minimum absolute atomic E-state index is 0.144.